The number of hydrogen-bond acceptors (Lipinski definition) is 2. The number of carbonyl (C=O) groups is 2. The summed E-state index contributed by atoms with van der Waals surface area (Å²) < 4.78 is 0. The molecular weight excluding hydrogens is 206 g/mol. The minimum atomic E-state index is -1.11. The monoisotopic (exact) mass is 217 g/mol. The van der Waals surface area contributed by atoms with E-state index in [2.05, 4.69) is 4.98 Å². The summed E-state index contributed by atoms with van der Waals surface area (Å²) in [6, 6.07) is 3.78. The van der Waals surface area contributed by atoms with Gasteiger partial charge in [-0.1, -0.05) is 12.1 Å². The SMILES string of the molecule is Cc1ccc(C)c2c(C=O)c(C(=O)O)[nH]c12. The summed E-state index contributed by atoms with van der Waals surface area (Å²) in [7, 11) is 0. The highest BCUT2D eigenvalue weighted by Crippen LogP contribution is 2.27. The maximum atomic E-state index is 11.0. The number of aromatic nitrogens is 1. The number of H-pyrrole nitrogens is 1. The van der Waals surface area contributed by atoms with Gasteiger partial charge in [0.15, 0.2) is 6.29 Å². The minimum absolute atomic E-state index is 0.0394. The molecule has 2 aromatic rings. The van der Waals surface area contributed by atoms with Gasteiger partial charge in [-0.05, 0) is 25.0 Å². The first-order chi connectivity index (χ1) is 7.56. The van der Waals surface area contributed by atoms with E-state index in [4.69, 9.17) is 5.11 Å². The Kier molecular flexibility index (Phi) is 2.27. The maximum absolute atomic E-state index is 11.0. The van der Waals surface area contributed by atoms with Crippen LogP contribution in [-0.4, -0.2) is 22.3 Å². The van der Waals surface area contributed by atoms with Crippen LogP contribution in [0, 0.1) is 13.8 Å². The molecule has 0 saturated carbocycles. The van der Waals surface area contributed by atoms with Crippen LogP contribution >= 0.6 is 0 Å². The van der Waals surface area contributed by atoms with Gasteiger partial charge in [-0.25, -0.2) is 4.79 Å². The standard InChI is InChI=1S/C12H11NO3/c1-6-3-4-7(2)10-9(6)8(5-14)11(13-10)12(15)16/h3-5,13H,1-2H3,(H,15,16). The van der Waals surface area contributed by atoms with E-state index in [1.807, 2.05) is 26.0 Å². The summed E-state index contributed by atoms with van der Waals surface area (Å²) in [6.07, 6.45) is 0.592. The number of nitrogens with one attached hydrogen (secondary N) is 1. The van der Waals surface area contributed by atoms with Crippen molar-refractivity contribution < 1.29 is 14.7 Å². The molecule has 0 unspecified atom stereocenters. The molecule has 1 aromatic heterocycles. The zero-order chi connectivity index (χ0) is 11.9. The lowest BCUT2D eigenvalue weighted by Gasteiger charge is -1.99. The van der Waals surface area contributed by atoms with Gasteiger partial charge < -0.3 is 10.1 Å². The second-order valence-electron chi connectivity index (χ2n) is 3.79. The summed E-state index contributed by atoms with van der Waals surface area (Å²) in [6.45, 7) is 3.73. The number of benzene rings is 1. The van der Waals surface area contributed by atoms with E-state index >= 15 is 0 Å². The molecule has 0 bridgehead atoms. The van der Waals surface area contributed by atoms with E-state index in [1.165, 1.54) is 0 Å². The van der Waals surface area contributed by atoms with Crippen LogP contribution < -0.4 is 0 Å². The zero-order valence-electron chi connectivity index (χ0n) is 9.00. The van der Waals surface area contributed by atoms with Gasteiger partial charge in [-0.2, -0.15) is 0 Å². The molecular formula is C12H11NO3. The lowest BCUT2D eigenvalue weighted by Crippen LogP contribution is -2.00. The van der Waals surface area contributed by atoms with Gasteiger partial charge in [-0.3, -0.25) is 4.79 Å². The van der Waals surface area contributed by atoms with Crippen LogP contribution in [0.1, 0.15) is 32.0 Å². The highest BCUT2D eigenvalue weighted by Gasteiger charge is 2.18. The first kappa shape index (κ1) is 10.4. The lowest BCUT2D eigenvalue weighted by molar-refractivity contribution is 0.0688. The number of aldehydes is 1. The molecule has 0 aliphatic carbocycles. The van der Waals surface area contributed by atoms with E-state index in [-0.39, 0.29) is 11.3 Å². The van der Waals surface area contributed by atoms with Crippen LogP contribution in [-0.2, 0) is 0 Å². The van der Waals surface area contributed by atoms with Gasteiger partial charge in [0.25, 0.3) is 0 Å². The van der Waals surface area contributed by atoms with Crippen LogP contribution in [0.5, 0.6) is 0 Å². The van der Waals surface area contributed by atoms with Crippen LogP contribution in [0.25, 0.3) is 10.9 Å². The largest absolute Gasteiger partial charge is 0.477 e. The number of rotatable bonds is 2. The Morgan fingerprint density at radius 1 is 1.31 bits per heavy atom. The van der Waals surface area contributed by atoms with Crippen molar-refractivity contribution in [1.82, 2.24) is 4.98 Å². The Labute approximate surface area is 91.9 Å². The number of hydrogen-bond donors (Lipinski definition) is 2. The Morgan fingerprint density at radius 2 is 1.94 bits per heavy atom. The summed E-state index contributed by atoms with van der Waals surface area (Å²) in [4.78, 5) is 24.8. The Hall–Kier alpha value is -2.10. The van der Waals surface area contributed by atoms with Crippen molar-refractivity contribution in [2.45, 2.75) is 13.8 Å². The first-order valence-electron chi connectivity index (χ1n) is 4.86. The number of carbonyl (C=O) groups excluding carboxylic acids is 1. The number of aromatic carboxylic acids is 1. The molecule has 2 rings (SSSR count). The summed E-state index contributed by atoms with van der Waals surface area (Å²) in [5.41, 5.74) is 2.73. The highest BCUT2D eigenvalue weighted by atomic mass is 16.4. The molecule has 1 aromatic carbocycles. The molecule has 0 aliphatic heterocycles. The van der Waals surface area contributed by atoms with Crippen molar-refractivity contribution in [3.63, 3.8) is 0 Å². The number of aromatic amines is 1. The van der Waals surface area contributed by atoms with E-state index < -0.39 is 5.97 Å². The molecule has 0 fully saturated rings. The predicted molar refractivity (Wildman–Crippen MR) is 60.1 cm³/mol. The molecule has 82 valence electrons. The topological polar surface area (TPSA) is 70.2 Å². The van der Waals surface area contributed by atoms with Gasteiger partial charge in [-0.15, -0.1) is 0 Å². The second kappa shape index (κ2) is 3.48. The van der Waals surface area contributed by atoms with Gasteiger partial charge in [0.05, 0.1) is 5.56 Å². The third kappa shape index (κ3) is 1.31. The normalized spacial score (nSPS) is 10.6. The molecule has 0 saturated heterocycles. The van der Waals surface area contributed by atoms with E-state index in [1.54, 1.807) is 0 Å². The van der Waals surface area contributed by atoms with Gasteiger partial charge in [0.2, 0.25) is 0 Å². The predicted octanol–water partition coefficient (Wildman–Crippen LogP) is 2.30. The smallest absolute Gasteiger partial charge is 0.353 e. The third-order valence-corrected chi connectivity index (χ3v) is 2.74. The third-order valence-electron chi connectivity index (χ3n) is 2.74. The Bertz CT molecular complexity index is 596. The fourth-order valence-corrected chi connectivity index (χ4v) is 1.92. The zero-order valence-corrected chi connectivity index (χ0v) is 9.00. The summed E-state index contributed by atoms with van der Waals surface area (Å²) in [5.74, 6) is -1.11. The Balaban J connectivity index is 2.98. The minimum Gasteiger partial charge on any atom is -0.477 e. The number of aryl methyl sites for hydroxylation is 2. The van der Waals surface area contributed by atoms with Crippen molar-refractivity contribution in [2.75, 3.05) is 0 Å². The van der Waals surface area contributed by atoms with Crippen molar-refractivity contribution in [3.8, 4) is 0 Å². The molecule has 0 aliphatic rings. The molecule has 16 heavy (non-hydrogen) atoms. The molecule has 4 heteroatoms. The molecule has 0 amide bonds. The van der Waals surface area contributed by atoms with Crippen LogP contribution in [0.4, 0.5) is 0 Å². The fraction of sp³-hybridized carbons (Fsp3) is 0.167. The van der Waals surface area contributed by atoms with Crippen molar-refractivity contribution in [1.29, 1.82) is 0 Å². The summed E-state index contributed by atoms with van der Waals surface area (Å²) in [5, 5.41) is 9.69. The highest BCUT2D eigenvalue weighted by molar-refractivity contribution is 6.09. The molecule has 4 nitrogen and oxygen atoms in total. The second-order valence-corrected chi connectivity index (χ2v) is 3.79. The molecule has 0 spiro atoms. The number of fused-ring (bicyclic) bond motifs is 1. The number of carboxylic acids is 1. The molecule has 0 atom stereocenters. The van der Waals surface area contributed by atoms with Crippen LogP contribution in [0.15, 0.2) is 12.1 Å². The maximum Gasteiger partial charge on any atom is 0.353 e. The van der Waals surface area contributed by atoms with Gasteiger partial charge in [0, 0.05) is 10.9 Å². The fourth-order valence-electron chi connectivity index (χ4n) is 1.92. The van der Waals surface area contributed by atoms with Gasteiger partial charge >= 0.3 is 5.97 Å². The quantitative estimate of drug-likeness (QED) is 0.758. The molecule has 2 N–H and O–H groups in total. The Morgan fingerprint density at radius 3 is 2.50 bits per heavy atom. The molecule has 0 radical (unpaired) electrons. The first-order valence-corrected chi connectivity index (χ1v) is 4.86. The van der Waals surface area contributed by atoms with E-state index in [0.29, 0.717) is 11.7 Å². The van der Waals surface area contributed by atoms with Crippen molar-refractivity contribution >= 4 is 23.2 Å². The average molecular weight is 217 g/mol. The van der Waals surface area contributed by atoms with Gasteiger partial charge in [0.1, 0.15) is 5.69 Å². The van der Waals surface area contributed by atoms with Crippen molar-refractivity contribution in [2.24, 2.45) is 0 Å². The summed E-state index contributed by atoms with van der Waals surface area (Å²) >= 11 is 0. The van der Waals surface area contributed by atoms with Crippen LogP contribution in [0.3, 0.4) is 0 Å². The molecule has 1 heterocycles. The van der Waals surface area contributed by atoms with E-state index in [0.717, 1.165) is 16.6 Å². The van der Waals surface area contributed by atoms with Crippen molar-refractivity contribution in [3.05, 3.63) is 34.5 Å². The number of carboxylic acid groups (broad SMARTS) is 1. The average Bonchev–Trinajstić information content (AvgIpc) is 2.64. The van der Waals surface area contributed by atoms with E-state index in [9.17, 15) is 9.59 Å². The lowest BCUT2D eigenvalue weighted by atomic mass is 10.0. The van der Waals surface area contributed by atoms with Crippen LogP contribution in [0.2, 0.25) is 0 Å².